The van der Waals surface area contributed by atoms with Gasteiger partial charge in [-0.05, 0) is 87.1 Å². The van der Waals surface area contributed by atoms with Crippen molar-refractivity contribution in [2.45, 2.75) is 123 Å². The van der Waals surface area contributed by atoms with Crippen LogP contribution in [0.15, 0.2) is 25.3 Å². The highest BCUT2D eigenvalue weighted by molar-refractivity contribution is 6.74. The highest BCUT2D eigenvalue weighted by atomic mass is 28.4. The molecule has 220 valence electrons. The van der Waals surface area contributed by atoms with E-state index < -0.39 is 16.6 Å². The molecule has 0 aliphatic carbocycles. The van der Waals surface area contributed by atoms with E-state index in [1.807, 2.05) is 19.1 Å². The Morgan fingerprint density at radius 1 is 0.811 bits per heavy atom. The smallest absolute Gasteiger partial charge is 0.306 e. The zero-order valence-corrected chi connectivity index (χ0v) is 28.4. The van der Waals surface area contributed by atoms with E-state index in [1.54, 1.807) is 0 Å². The molecule has 7 heteroatoms. The van der Waals surface area contributed by atoms with Crippen LogP contribution in [0.25, 0.3) is 0 Å². The van der Waals surface area contributed by atoms with Gasteiger partial charge in [0.15, 0.2) is 16.6 Å². The van der Waals surface area contributed by atoms with Crippen LogP contribution in [-0.2, 0) is 18.4 Å². The summed E-state index contributed by atoms with van der Waals surface area (Å²) in [6.07, 6.45) is 9.06. The maximum absolute atomic E-state index is 11.4. The molecule has 5 nitrogen and oxygen atoms in total. The van der Waals surface area contributed by atoms with Crippen LogP contribution in [0.2, 0.25) is 36.3 Å². The molecular formula is C30H62O5Si2. The SMILES string of the molecule is C=CC(CCCO[Si](C)(C)C(C)(C)C)CC(=O)OCC.C=CC(CCO)CCCO[Si](C)(C)C(C)(C)C. The first-order valence-corrected chi connectivity index (χ1v) is 20.0. The second kappa shape index (κ2) is 18.5. The van der Waals surface area contributed by atoms with Gasteiger partial charge in [0, 0.05) is 19.8 Å². The van der Waals surface area contributed by atoms with Gasteiger partial charge in [0.1, 0.15) is 0 Å². The summed E-state index contributed by atoms with van der Waals surface area (Å²) in [4.78, 5) is 11.4. The minimum absolute atomic E-state index is 0.136. The molecule has 0 aliphatic heterocycles. The molecule has 0 fully saturated rings. The Hall–Kier alpha value is -0.736. The Kier molecular flexibility index (Phi) is 19.2. The van der Waals surface area contributed by atoms with E-state index in [4.69, 9.17) is 18.7 Å². The zero-order valence-electron chi connectivity index (χ0n) is 26.4. The number of esters is 1. The minimum atomic E-state index is -1.65. The normalized spacial score (nSPS) is 14.3. The number of rotatable bonds is 17. The number of aliphatic hydroxyl groups is 1. The highest BCUT2D eigenvalue weighted by Crippen LogP contribution is 2.37. The summed E-state index contributed by atoms with van der Waals surface area (Å²) in [5, 5.41) is 9.42. The first-order valence-electron chi connectivity index (χ1n) is 14.2. The third-order valence-electron chi connectivity index (χ3n) is 7.88. The Balaban J connectivity index is 0. The summed E-state index contributed by atoms with van der Waals surface area (Å²) < 4.78 is 17.2. The average Bonchev–Trinajstić information content (AvgIpc) is 2.77. The first-order chi connectivity index (χ1) is 16.9. The van der Waals surface area contributed by atoms with Crippen LogP contribution in [0.5, 0.6) is 0 Å². The number of hydrogen-bond acceptors (Lipinski definition) is 5. The van der Waals surface area contributed by atoms with E-state index in [0.29, 0.717) is 18.9 Å². The zero-order chi connectivity index (χ0) is 29.3. The number of ether oxygens (including phenoxy) is 1. The van der Waals surface area contributed by atoms with Crippen molar-refractivity contribution in [1.29, 1.82) is 0 Å². The van der Waals surface area contributed by atoms with E-state index in [9.17, 15) is 4.79 Å². The molecule has 1 N–H and O–H groups in total. The topological polar surface area (TPSA) is 65.0 Å². The summed E-state index contributed by atoms with van der Waals surface area (Å²) in [6.45, 7) is 34.3. The molecule has 2 atom stereocenters. The fourth-order valence-electron chi connectivity index (χ4n) is 3.06. The Labute approximate surface area is 232 Å². The summed E-state index contributed by atoms with van der Waals surface area (Å²) >= 11 is 0. The van der Waals surface area contributed by atoms with Crippen LogP contribution in [0.1, 0.15) is 87.0 Å². The van der Waals surface area contributed by atoms with Crippen LogP contribution < -0.4 is 0 Å². The molecule has 0 saturated heterocycles. The molecule has 0 aliphatic rings. The monoisotopic (exact) mass is 558 g/mol. The van der Waals surface area contributed by atoms with Gasteiger partial charge in [-0.25, -0.2) is 0 Å². The molecular weight excluding hydrogens is 496 g/mol. The second-order valence-corrected chi connectivity index (χ2v) is 22.6. The van der Waals surface area contributed by atoms with Crippen LogP contribution in [0.3, 0.4) is 0 Å². The number of carbonyl (C=O) groups excluding carboxylic acids is 1. The van der Waals surface area contributed by atoms with Gasteiger partial charge in [-0.3, -0.25) is 4.79 Å². The van der Waals surface area contributed by atoms with Gasteiger partial charge in [-0.1, -0.05) is 53.7 Å². The van der Waals surface area contributed by atoms with Crippen molar-refractivity contribution in [3.8, 4) is 0 Å². The third kappa shape index (κ3) is 17.5. The maximum Gasteiger partial charge on any atom is 0.306 e. The molecule has 0 spiro atoms. The lowest BCUT2D eigenvalue weighted by molar-refractivity contribution is -0.143. The standard InChI is InChI=1S/C16H32O3Si.C14H30O2Si/c1-8-14(13-15(17)18-9-2)11-10-12-19-20(6,7)16(3,4)5;1-7-13(10-11-15)9-8-12-16-17(5,6)14(2,3)4/h8,14H,1,9-13H2,2-7H3;7,13,15H,1,8-12H2,2-6H3. The molecule has 0 saturated carbocycles. The van der Waals surface area contributed by atoms with E-state index in [1.165, 1.54) is 0 Å². The molecule has 0 aromatic rings. The molecule has 0 radical (unpaired) electrons. The van der Waals surface area contributed by atoms with Crippen molar-refractivity contribution in [2.75, 3.05) is 26.4 Å². The molecule has 0 aromatic heterocycles. The lowest BCUT2D eigenvalue weighted by Crippen LogP contribution is -2.41. The third-order valence-corrected chi connectivity index (χ3v) is 17.0. The van der Waals surface area contributed by atoms with E-state index >= 15 is 0 Å². The molecule has 0 bridgehead atoms. The number of hydrogen-bond donors (Lipinski definition) is 1. The Bertz CT molecular complexity index is 633. The van der Waals surface area contributed by atoms with Crippen molar-refractivity contribution in [2.24, 2.45) is 11.8 Å². The quantitative estimate of drug-likeness (QED) is 0.0839. The predicted octanol–water partition coefficient (Wildman–Crippen LogP) is 8.52. The van der Waals surface area contributed by atoms with Crippen LogP contribution in [0, 0.1) is 11.8 Å². The van der Waals surface area contributed by atoms with Crippen molar-refractivity contribution in [3.05, 3.63) is 25.3 Å². The summed E-state index contributed by atoms with van der Waals surface area (Å²) in [5.74, 6) is 0.489. The summed E-state index contributed by atoms with van der Waals surface area (Å²) in [7, 11) is -3.23. The van der Waals surface area contributed by atoms with Gasteiger partial charge in [0.05, 0.1) is 13.0 Å². The lowest BCUT2D eigenvalue weighted by atomic mass is 10.00. The maximum atomic E-state index is 11.4. The fourth-order valence-corrected chi connectivity index (χ4v) is 5.24. The molecule has 2 unspecified atom stereocenters. The fraction of sp³-hybridized carbons (Fsp3) is 0.833. The molecule has 0 aromatic carbocycles. The van der Waals surface area contributed by atoms with E-state index in [0.717, 1.165) is 45.3 Å². The average molecular weight is 559 g/mol. The minimum Gasteiger partial charge on any atom is -0.466 e. The Morgan fingerprint density at radius 2 is 1.22 bits per heavy atom. The van der Waals surface area contributed by atoms with Crippen molar-refractivity contribution in [3.63, 3.8) is 0 Å². The van der Waals surface area contributed by atoms with E-state index in [-0.39, 0.29) is 28.6 Å². The molecule has 37 heavy (non-hydrogen) atoms. The van der Waals surface area contributed by atoms with Gasteiger partial charge >= 0.3 is 5.97 Å². The van der Waals surface area contributed by atoms with Gasteiger partial charge < -0.3 is 18.7 Å². The van der Waals surface area contributed by atoms with Crippen molar-refractivity contribution in [1.82, 2.24) is 0 Å². The number of allylic oxidation sites excluding steroid dienone is 2. The van der Waals surface area contributed by atoms with Crippen molar-refractivity contribution >= 4 is 22.6 Å². The van der Waals surface area contributed by atoms with Gasteiger partial charge in [-0.15, -0.1) is 13.2 Å². The number of aliphatic hydroxyl groups excluding tert-OH is 1. The van der Waals surface area contributed by atoms with Crippen LogP contribution >= 0.6 is 0 Å². The first kappa shape index (κ1) is 38.4. The van der Waals surface area contributed by atoms with Gasteiger partial charge in [-0.2, -0.15) is 0 Å². The van der Waals surface area contributed by atoms with Crippen LogP contribution in [-0.4, -0.2) is 54.1 Å². The van der Waals surface area contributed by atoms with Gasteiger partial charge in [0.2, 0.25) is 0 Å². The van der Waals surface area contributed by atoms with Gasteiger partial charge in [0.25, 0.3) is 0 Å². The van der Waals surface area contributed by atoms with Crippen molar-refractivity contribution < 1.29 is 23.5 Å². The molecule has 0 rings (SSSR count). The molecule has 0 amide bonds. The second-order valence-electron chi connectivity index (χ2n) is 13.0. The number of carbonyl (C=O) groups is 1. The largest absolute Gasteiger partial charge is 0.466 e. The van der Waals surface area contributed by atoms with Crippen LogP contribution in [0.4, 0.5) is 0 Å². The lowest BCUT2D eigenvalue weighted by Gasteiger charge is -2.36. The summed E-state index contributed by atoms with van der Waals surface area (Å²) in [5.41, 5.74) is 0. The predicted molar refractivity (Wildman–Crippen MR) is 165 cm³/mol. The highest BCUT2D eigenvalue weighted by Gasteiger charge is 2.37. The van der Waals surface area contributed by atoms with E-state index in [2.05, 4.69) is 80.9 Å². The Morgan fingerprint density at radius 3 is 1.54 bits per heavy atom. The summed E-state index contributed by atoms with van der Waals surface area (Å²) in [6, 6.07) is 0. The molecule has 0 heterocycles.